The van der Waals surface area contributed by atoms with Gasteiger partial charge in [0, 0.05) is 6.54 Å². The molecule has 0 radical (unpaired) electrons. The molecule has 132 valence electrons. The zero-order valence-electron chi connectivity index (χ0n) is 13.4. The lowest BCUT2D eigenvalue weighted by molar-refractivity contribution is -0.129. The number of halogens is 3. The van der Waals surface area contributed by atoms with Crippen LogP contribution in [0.3, 0.4) is 0 Å². The van der Waals surface area contributed by atoms with E-state index in [9.17, 15) is 18.4 Å². The predicted octanol–water partition coefficient (Wildman–Crippen LogP) is 3.52. The molecule has 0 saturated carbocycles. The second-order valence-electron chi connectivity index (χ2n) is 5.31. The first kappa shape index (κ1) is 18.9. The molecular weight excluding hydrogens is 352 g/mol. The Labute approximate surface area is 148 Å². The Hall–Kier alpha value is -2.47. The monoisotopic (exact) mass is 367 g/mol. The molecule has 4 nitrogen and oxygen atoms in total. The Balaban J connectivity index is 1.85. The van der Waals surface area contributed by atoms with E-state index in [0.717, 1.165) is 11.6 Å². The summed E-state index contributed by atoms with van der Waals surface area (Å²) in [6, 6.07) is 9.69. The molecule has 0 aromatic heterocycles. The van der Waals surface area contributed by atoms with Crippen LogP contribution >= 0.6 is 11.6 Å². The number of rotatable bonds is 6. The number of benzene rings is 2. The van der Waals surface area contributed by atoms with Crippen molar-refractivity contribution in [2.24, 2.45) is 0 Å². The van der Waals surface area contributed by atoms with Crippen molar-refractivity contribution >= 4 is 23.5 Å². The summed E-state index contributed by atoms with van der Waals surface area (Å²) in [4.78, 5) is 23.9. The normalized spacial score (nSPS) is 11.7. The predicted molar refractivity (Wildman–Crippen MR) is 89.4 cm³/mol. The highest BCUT2D eigenvalue weighted by molar-refractivity contribution is 6.33. The topological polar surface area (TPSA) is 55.4 Å². The van der Waals surface area contributed by atoms with Crippen LogP contribution in [0.15, 0.2) is 42.5 Å². The van der Waals surface area contributed by atoms with Crippen LogP contribution in [-0.2, 0) is 16.0 Å². The quantitative estimate of drug-likeness (QED) is 0.795. The second-order valence-corrected chi connectivity index (χ2v) is 5.72. The Morgan fingerprint density at radius 1 is 1.16 bits per heavy atom. The molecule has 0 saturated heterocycles. The summed E-state index contributed by atoms with van der Waals surface area (Å²) in [6.07, 6.45) is -0.623. The summed E-state index contributed by atoms with van der Waals surface area (Å²) < 4.78 is 31.4. The van der Waals surface area contributed by atoms with E-state index in [1.807, 2.05) is 0 Å². The molecule has 0 unspecified atom stereocenters. The van der Waals surface area contributed by atoms with Crippen LogP contribution in [-0.4, -0.2) is 24.5 Å². The number of hydrogen-bond donors (Lipinski definition) is 1. The van der Waals surface area contributed by atoms with Crippen molar-refractivity contribution in [1.29, 1.82) is 0 Å². The SMILES string of the molecule is C[C@H](OC(=O)c1c(F)cccc1Cl)C(=O)NCCc1ccc(F)cc1. The summed E-state index contributed by atoms with van der Waals surface area (Å²) in [5, 5.41) is 2.51. The van der Waals surface area contributed by atoms with Crippen LogP contribution in [0, 0.1) is 11.6 Å². The lowest BCUT2D eigenvalue weighted by Crippen LogP contribution is -2.37. The number of carbonyl (C=O) groups excluding carboxylic acids is 2. The van der Waals surface area contributed by atoms with Crippen molar-refractivity contribution in [2.45, 2.75) is 19.4 Å². The minimum Gasteiger partial charge on any atom is -0.449 e. The van der Waals surface area contributed by atoms with E-state index < -0.39 is 29.4 Å². The first-order valence-electron chi connectivity index (χ1n) is 7.55. The summed E-state index contributed by atoms with van der Waals surface area (Å²) in [5.74, 6) is -2.69. The molecule has 1 amide bonds. The highest BCUT2D eigenvalue weighted by Gasteiger charge is 2.22. The number of carbonyl (C=O) groups is 2. The highest BCUT2D eigenvalue weighted by Crippen LogP contribution is 2.20. The number of nitrogens with one attached hydrogen (secondary N) is 1. The number of ether oxygens (including phenoxy) is 1. The van der Waals surface area contributed by atoms with Gasteiger partial charge in [0.2, 0.25) is 0 Å². The number of amides is 1. The van der Waals surface area contributed by atoms with Gasteiger partial charge in [0.15, 0.2) is 6.10 Å². The fourth-order valence-electron chi connectivity index (χ4n) is 2.09. The van der Waals surface area contributed by atoms with Gasteiger partial charge in [-0.25, -0.2) is 13.6 Å². The molecule has 0 aliphatic heterocycles. The van der Waals surface area contributed by atoms with Gasteiger partial charge in [0.05, 0.1) is 5.02 Å². The smallest absolute Gasteiger partial charge is 0.343 e. The van der Waals surface area contributed by atoms with Gasteiger partial charge in [-0.15, -0.1) is 0 Å². The summed E-state index contributed by atoms with van der Waals surface area (Å²) in [5.41, 5.74) is 0.444. The van der Waals surface area contributed by atoms with Crippen molar-refractivity contribution in [3.8, 4) is 0 Å². The van der Waals surface area contributed by atoms with Crippen molar-refractivity contribution in [3.63, 3.8) is 0 Å². The minimum atomic E-state index is -1.11. The third kappa shape index (κ3) is 5.26. The van der Waals surface area contributed by atoms with E-state index in [1.54, 1.807) is 12.1 Å². The summed E-state index contributed by atoms with van der Waals surface area (Å²) >= 11 is 5.78. The zero-order valence-corrected chi connectivity index (χ0v) is 14.1. The fourth-order valence-corrected chi connectivity index (χ4v) is 2.33. The molecule has 2 rings (SSSR count). The van der Waals surface area contributed by atoms with Gasteiger partial charge < -0.3 is 10.1 Å². The van der Waals surface area contributed by atoms with Crippen molar-refractivity contribution in [2.75, 3.05) is 6.54 Å². The van der Waals surface area contributed by atoms with Crippen LogP contribution < -0.4 is 5.32 Å². The van der Waals surface area contributed by atoms with E-state index in [4.69, 9.17) is 16.3 Å². The maximum absolute atomic E-state index is 13.7. The lowest BCUT2D eigenvalue weighted by Gasteiger charge is -2.14. The third-order valence-electron chi connectivity index (χ3n) is 3.45. The molecule has 0 heterocycles. The second kappa shape index (κ2) is 8.58. The van der Waals surface area contributed by atoms with Crippen molar-refractivity contribution in [3.05, 3.63) is 70.2 Å². The Morgan fingerprint density at radius 2 is 1.84 bits per heavy atom. The molecule has 2 aromatic rings. The molecule has 2 aromatic carbocycles. The molecule has 25 heavy (non-hydrogen) atoms. The van der Waals surface area contributed by atoms with Crippen LogP contribution in [0.25, 0.3) is 0 Å². The van der Waals surface area contributed by atoms with E-state index in [0.29, 0.717) is 6.42 Å². The molecule has 0 aliphatic rings. The van der Waals surface area contributed by atoms with E-state index in [-0.39, 0.29) is 17.4 Å². The standard InChI is InChI=1S/C18H16ClF2NO3/c1-11(25-18(24)16-14(19)3-2-4-15(16)21)17(23)22-10-9-12-5-7-13(20)8-6-12/h2-8,11H,9-10H2,1H3,(H,22,23)/t11-/m0/s1. The Bertz CT molecular complexity index is 745. The molecular formula is C18H16ClF2NO3. The average molecular weight is 368 g/mol. The van der Waals surface area contributed by atoms with Crippen molar-refractivity contribution in [1.82, 2.24) is 5.32 Å². The Kier molecular flexibility index (Phi) is 6.47. The van der Waals surface area contributed by atoms with Crippen LogP contribution in [0.4, 0.5) is 8.78 Å². The molecule has 1 atom stereocenters. The van der Waals surface area contributed by atoms with Gasteiger partial charge in [0.1, 0.15) is 17.2 Å². The zero-order chi connectivity index (χ0) is 18.4. The van der Waals surface area contributed by atoms with Gasteiger partial charge in [0.25, 0.3) is 5.91 Å². The van der Waals surface area contributed by atoms with E-state index in [2.05, 4.69) is 5.32 Å². The number of esters is 1. The van der Waals surface area contributed by atoms with Crippen molar-refractivity contribution < 1.29 is 23.1 Å². The molecule has 0 spiro atoms. The maximum atomic E-state index is 13.7. The first-order valence-corrected chi connectivity index (χ1v) is 7.93. The third-order valence-corrected chi connectivity index (χ3v) is 3.76. The fraction of sp³-hybridized carbons (Fsp3) is 0.222. The van der Waals surface area contributed by atoms with Gasteiger partial charge in [-0.1, -0.05) is 29.8 Å². The Morgan fingerprint density at radius 3 is 2.48 bits per heavy atom. The first-order chi connectivity index (χ1) is 11.9. The number of hydrogen-bond acceptors (Lipinski definition) is 3. The van der Waals surface area contributed by atoms with Gasteiger partial charge in [-0.05, 0) is 43.2 Å². The lowest BCUT2D eigenvalue weighted by atomic mass is 10.1. The molecule has 7 heteroatoms. The summed E-state index contributed by atoms with van der Waals surface area (Å²) in [7, 11) is 0. The maximum Gasteiger partial charge on any atom is 0.343 e. The largest absolute Gasteiger partial charge is 0.449 e. The highest BCUT2D eigenvalue weighted by atomic mass is 35.5. The molecule has 0 fully saturated rings. The van der Waals surface area contributed by atoms with Crippen LogP contribution in [0.2, 0.25) is 5.02 Å². The minimum absolute atomic E-state index is 0.0890. The summed E-state index contributed by atoms with van der Waals surface area (Å²) in [6.45, 7) is 1.66. The van der Waals surface area contributed by atoms with E-state index in [1.165, 1.54) is 31.2 Å². The molecule has 0 aliphatic carbocycles. The van der Waals surface area contributed by atoms with Crippen LogP contribution in [0.5, 0.6) is 0 Å². The molecule has 0 bridgehead atoms. The van der Waals surface area contributed by atoms with Gasteiger partial charge in [-0.2, -0.15) is 0 Å². The average Bonchev–Trinajstić information content (AvgIpc) is 2.56. The van der Waals surface area contributed by atoms with Gasteiger partial charge >= 0.3 is 5.97 Å². The van der Waals surface area contributed by atoms with Gasteiger partial charge in [-0.3, -0.25) is 4.79 Å². The van der Waals surface area contributed by atoms with Crippen LogP contribution in [0.1, 0.15) is 22.8 Å². The molecule has 1 N–H and O–H groups in total. The van der Waals surface area contributed by atoms with E-state index >= 15 is 0 Å².